The summed E-state index contributed by atoms with van der Waals surface area (Å²) in [5.74, 6) is 0.506. The topological polar surface area (TPSA) is 55.8 Å². The fourth-order valence-corrected chi connectivity index (χ4v) is 2.13. The summed E-state index contributed by atoms with van der Waals surface area (Å²) in [5.41, 5.74) is 1.23. The second-order valence-electron chi connectivity index (χ2n) is 3.77. The summed E-state index contributed by atoms with van der Waals surface area (Å²) in [6, 6.07) is 5.26. The number of aliphatic hydroxyl groups is 1. The fraction of sp³-hybridized carbons (Fsp3) is 0.417. The van der Waals surface area contributed by atoms with E-state index in [0.29, 0.717) is 16.9 Å². The first kappa shape index (κ1) is 11.1. The van der Waals surface area contributed by atoms with E-state index in [1.807, 2.05) is 0 Å². The number of methoxy groups -OCH3 is 2. The van der Waals surface area contributed by atoms with E-state index in [1.165, 1.54) is 14.2 Å². The Kier molecular flexibility index (Phi) is 2.94. The highest BCUT2D eigenvalue weighted by atomic mass is 16.5. The van der Waals surface area contributed by atoms with Crippen LogP contribution in [0.5, 0.6) is 5.75 Å². The van der Waals surface area contributed by atoms with Gasteiger partial charge in [0.15, 0.2) is 5.78 Å². The largest absolute Gasteiger partial charge is 0.496 e. The lowest BCUT2D eigenvalue weighted by Gasteiger charge is -2.29. The smallest absolute Gasteiger partial charge is 0.166 e. The molecule has 0 fully saturated rings. The van der Waals surface area contributed by atoms with Crippen molar-refractivity contribution in [3.05, 3.63) is 29.3 Å². The molecule has 1 N–H and O–H groups in total. The number of ether oxygens (including phenoxy) is 2. The SMILES string of the molecule is COc1cccc2c1C(OC)C(O)CC2=O. The van der Waals surface area contributed by atoms with E-state index in [-0.39, 0.29) is 12.2 Å². The zero-order valence-corrected chi connectivity index (χ0v) is 9.27. The molecule has 0 saturated heterocycles. The van der Waals surface area contributed by atoms with E-state index in [9.17, 15) is 9.90 Å². The van der Waals surface area contributed by atoms with Gasteiger partial charge in [-0.1, -0.05) is 12.1 Å². The van der Waals surface area contributed by atoms with Crippen LogP contribution in [0.1, 0.15) is 28.4 Å². The van der Waals surface area contributed by atoms with Gasteiger partial charge in [-0.3, -0.25) is 4.79 Å². The van der Waals surface area contributed by atoms with Gasteiger partial charge in [-0.25, -0.2) is 0 Å². The van der Waals surface area contributed by atoms with Crippen LogP contribution in [0.4, 0.5) is 0 Å². The van der Waals surface area contributed by atoms with Crippen molar-refractivity contribution in [2.45, 2.75) is 18.6 Å². The van der Waals surface area contributed by atoms with Crippen LogP contribution >= 0.6 is 0 Å². The molecule has 0 bridgehead atoms. The van der Waals surface area contributed by atoms with Gasteiger partial charge in [0.1, 0.15) is 11.9 Å². The van der Waals surface area contributed by atoms with Crippen LogP contribution in [-0.4, -0.2) is 31.2 Å². The molecule has 86 valence electrons. The van der Waals surface area contributed by atoms with Gasteiger partial charge in [-0.05, 0) is 6.07 Å². The summed E-state index contributed by atoms with van der Waals surface area (Å²) in [7, 11) is 3.05. The highest BCUT2D eigenvalue weighted by molar-refractivity contribution is 5.99. The average molecular weight is 222 g/mol. The monoisotopic (exact) mass is 222 g/mol. The molecule has 0 aromatic heterocycles. The molecule has 1 aromatic carbocycles. The Morgan fingerprint density at radius 2 is 2.12 bits per heavy atom. The first-order valence-electron chi connectivity index (χ1n) is 5.10. The number of hydrogen-bond acceptors (Lipinski definition) is 4. The van der Waals surface area contributed by atoms with E-state index in [1.54, 1.807) is 18.2 Å². The molecule has 2 rings (SSSR count). The van der Waals surface area contributed by atoms with Gasteiger partial charge in [-0.2, -0.15) is 0 Å². The predicted octanol–water partition coefficient (Wildman–Crippen LogP) is 1.33. The lowest BCUT2D eigenvalue weighted by atomic mass is 9.86. The number of carbonyl (C=O) groups excluding carboxylic acids is 1. The Hall–Kier alpha value is -1.39. The molecule has 0 heterocycles. The molecule has 2 atom stereocenters. The van der Waals surface area contributed by atoms with Crippen LogP contribution < -0.4 is 4.74 Å². The Bertz CT molecular complexity index is 413. The molecule has 1 aromatic rings. The van der Waals surface area contributed by atoms with Crippen LogP contribution in [-0.2, 0) is 4.74 Å². The zero-order valence-electron chi connectivity index (χ0n) is 9.27. The van der Waals surface area contributed by atoms with Crippen molar-refractivity contribution in [3.63, 3.8) is 0 Å². The van der Waals surface area contributed by atoms with Gasteiger partial charge < -0.3 is 14.6 Å². The molecule has 2 unspecified atom stereocenters. The molecule has 4 nitrogen and oxygen atoms in total. The van der Waals surface area contributed by atoms with E-state index in [0.717, 1.165) is 0 Å². The Labute approximate surface area is 93.8 Å². The predicted molar refractivity (Wildman–Crippen MR) is 57.7 cm³/mol. The van der Waals surface area contributed by atoms with Crippen molar-refractivity contribution in [2.24, 2.45) is 0 Å². The minimum absolute atomic E-state index is 0.0744. The highest BCUT2D eigenvalue weighted by Gasteiger charge is 2.35. The van der Waals surface area contributed by atoms with E-state index in [4.69, 9.17) is 9.47 Å². The van der Waals surface area contributed by atoms with Gasteiger partial charge in [0.05, 0.1) is 13.2 Å². The van der Waals surface area contributed by atoms with Gasteiger partial charge in [0, 0.05) is 24.7 Å². The molecular weight excluding hydrogens is 208 g/mol. The molecule has 4 heteroatoms. The average Bonchev–Trinajstić information content (AvgIpc) is 2.29. The second-order valence-corrected chi connectivity index (χ2v) is 3.77. The van der Waals surface area contributed by atoms with Crippen LogP contribution in [0.3, 0.4) is 0 Å². The molecule has 16 heavy (non-hydrogen) atoms. The maximum Gasteiger partial charge on any atom is 0.166 e. The molecule has 0 amide bonds. The summed E-state index contributed by atoms with van der Waals surface area (Å²) < 4.78 is 10.4. The van der Waals surface area contributed by atoms with Crippen molar-refractivity contribution in [3.8, 4) is 5.75 Å². The summed E-state index contributed by atoms with van der Waals surface area (Å²) in [6.45, 7) is 0. The number of benzene rings is 1. The first-order valence-corrected chi connectivity index (χ1v) is 5.10. The number of carbonyl (C=O) groups is 1. The number of aliphatic hydroxyl groups excluding tert-OH is 1. The lowest BCUT2D eigenvalue weighted by Crippen LogP contribution is -2.30. The molecule has 0 saturated carbocycles. The molecule has 0 aliphatic heterocycles. The fourth-order valence-electron chi connectivity index (χ4n) is 2.13. The van der Waals surface area contributed by atoms with Gasteiger partial charge >= 0.3 is 0 Å². The maximum atomic E-state index is 11.8. The number of rotatable bonds is 2. The Morgan fingerprint density at radius 3 is 2.75 bits per heavy atom. The summed E-state index contributed by atoms with van der Waals surface area (Å²) in [5, 5.41) is 9.80. The third-order valence-corrected chi connectivity index (χ3v) is 2.87. The Morgan fingerprint density at radius 1 is 1.38 bits per heavy atom. The van der Waals surface area contributed by atoms with Crippen molar-refractivity contribution in [1.82, 2.24) is 0 Å². The third-order valence-electron chi connectivity index (χ3n) is 2.87. The van der Waals surface area contributed by atoms with Crippen molar-refractivity contribution in [1.29, 1.82) is 0 Å². The molecule has 1 aliphatic carbocycles. The molecule has 1 aliphatic rings. The van der Waals surface area contributed by atoms with Crippen LogP contribution in [0.15, 0.2) is 18.2 Å². The first-order chi connectivity index (χ1) is 7.69. The van der Waals surface area contributed by atoms with Gasteiger partial charge in [0.2, 0.25) is 0 Å². The van der Waals surface area contributed by atoms with E-state index < -0.39 is 12.2 Å². The van der Waals surface area contributed by atoms with Crippen LogP contribution in [0.25, 0.3) is 0 Å². The number of fused-ring (bicyclic) bond motifs is 1. The zero-order chi connectivity index (χ0) is 11.7. The van der Waals surface area contributed by atoms with Crippen molar-refractivity contribution < 1.29 is 19.4 Å². The van der Waals surface area contributed by atoms with E-state index >= 15 is 0 Å². The minimum Gasteiger partial charge on any atom is -0.496 e. The van der Waals surface area contributed by atoms with Crippen molar-refractivity contribution in [2.75, 3.05) is 14.2 Å². The highest BCUT2D eigenvalue weighted by Crippen LogP contribution is 2.38. The summed E-state index contributed by atoms with van der Waals surface area (Å²) in [4.78, 5) is 11.8. The van der Waals surface area contributed by atoms with Crippen LogP contribution in [0.2, 0.25) is 0 Å². The quantitative estimate of drug-likeness (QED) is 0.820. The van der Waals surface area contributed by atoms with E-state index in [2.05, 4.69) is 0 Å². The lowest BCUT2D eigenvalue weighted by molar-refractivity contribution is -0.0204. The summed E-state index contributed by atoms with van der Waals surface area (Å²) in [6.07, 6.45) is -1.20. The van der Waals surface area contributed by atoms with Crippen LogP contribution in [0, 0.1) is 0 Å². The maximum absolute atomic E-state index is 11.8. The normalized spacial score (nSPS) is 24.1. The minimum atomic E-state index is -0.804. The number of Topliss-reactive ketones (excluding diaryl/α,β-unsaturated/α-hetero) is 1. The van der Waals surface area contributed by atoms with Gasteiger partial charge in [0.25, 0.3) is 0 Å². The molecule has 0 spiro atoms. The molecule has 0 radical (unpaired) electrons. The van der Waals surface area contributed by atoms with Gasteiger partial charge in [-0.15, -0.1) is 0 Å². The number of hydrogen-bond donors (Lipinski definition) is 1. The summed E-state index contributed by atoms with van der Waals surface area (Å²) >= 11 is 0. The second kappa shape index (κ2) is 4.23. The Balaban J connectivity index is 2.59. The molecular formula is C12H14O4. The van der Waals surface area contributed by atoms with Crippen molar-refractivity contribution >= 4 is 5.78 Å². The number of ketones is 1. The standard InChI is InChI=1S/C12H14O4/c1-15-10-5-3-4-7-8(13)6-9(14)12(16-2)11(7)10/h3-5,9,12,14H,6H2,1-2H3. The third kappa shape index (κ3) is 1.60.